The van der Waals surface area contributed by atoms with E-state index in [0.29, 0.717) is 18.5 Å². The second-order valence-electron chi connectivity index (χ2n) is 9.00. The summed E-state index contributed by atoms with van der Waals surface area (Å²) in [5.74, 6) is 0.588. The highest BCUT2D eigenvalue weighted by Crippen LogP contribution is 2.39. The maximum atomic E-state index is 12.3. The Hall–Kier alpha value is -3.56. The van der Waals surface area contributed by atoms with Crippen molar-refractivity contribution in [3.63, 3.8) is 0 Å². The molecule has 5 rings (SSSR count). The molecule has 0 radical (unpaired) electrons. The molecule has 1 amide bonds. The quantitative estimate of drug-likeness (QED) is 0.288. The van der Waals surface area contributed by atoms with Crippen LogP contribution in [0.5, 0.6) is 0 Å². The Bertz CT molecular complexity index is 1310. The van der Waals surface area contributed by atoms with Gasteiger partial charge in [0.2, 0.25) is 0 Å². The van der Waals surface area contributed by atoms with E-state index in [0.717, 1.165) is 33.0 Å². The molecule has 7 nitrogen and oxygen atoms in total. The lowest BCUT2D eigenvalue weighted by Gasteiger charge is -2.36. The number of hydrogen-bond donors (Lipinski definition) is 2. The van der Waals surface area contributed by atoms with Crippen LogP contribution >= 0.6 is 11.8 Å². The van der Waals surface area contributed by atoms with E-state index >= 15 is 0 Å². The Balaban J connectivity index is 1.27. The van der Waals surface area contributed by atoms with Gasteiger partial charge in [-0.15, -0.1) is 11.8 Å². The summed E-state index contributed by atoms with van der Waals surface area (Å²) in [5, 5.41) is 13.3. The van der Waals surface area contributed by atoms with Gasteiger partial charge in [-0.2, -0.15) is 0 Å². The van der Waals surface area contributed by atoms with Gasteiger partial charge in [0.15, 0.2) is 6.29 Å². The fourth-order valence-electron chi connectivity index (χ4n) is 4.21. The highest BCUT2D eigenvalue weighted by atomic mass is 32.2. The number of rotatable bonds is 9. The molecular weight excluding hydrogens is 498 g/mol. The number of ether oxygens (including phenoxy) is 2. The minimum absolute atomic E-state index is 0.00984. The number of thioether (sulfide) groups is 1. The largest absolute Gasteiger partial charge is 0.392 e. The fraction of sp³-hybridized carbons (Fsp3) is 0.233. The number of carbonyl (C=O) groups excluding carboxylic acids is 1. The average Bonchev–Trinajstić information content (AvgIpc) is 3.00. The molecule has 0 aliphatic carbocycles. The molecule has 0 bridgehead atoms. The Morgan fingerprint density at radius 2 is 1.71 bits per heavy atom. The van der Waals surface area contributed by atoms with Gasteiger partial charge in [0.25, 0.3) is 5.91 Å². The highest BCUT2D eigenvalue weighted by molar-refractivity contribution is 7.99. The number of pyridine rings is 2. The van der Waals surface area contributed by atoms with Crippen LogP contribution in [-0.2, 0) is 22.6 Å². The van der Waals surface area contributed by atoms with Crippen LogP contribution in [0.1, 0.15) is 51.4 Å². The van der Waals surface area contributed by atoms with Crippen LogP contribution in [0.4, 0.5) is 0 Å². The number of carbonyl (C=O) groups is 1. The van der Waals surface area contributed by atoms with Gasteiger partial charge in [-0.3, -0.25) is 9.78 Å². The minimum atomic E-state index is -0.528. The smallest absolute Gasteiger partial charge is 0.253 e. The van der Waals surface area contributed by atoms with Crippen molar-refractivity contribution in [3.8, 4) is 0 Å². The van der Waals surface area contributed by atoms with E-state index < -0.39 is 6.29 Å². The van der Waals surface area contributed by atoms with Gasteiger partial charge < -0.3 is 19.9 Å². The van der Waals surface area contributed by atoms with Crippen LogP contribution in [0.15, 0.2) is 102 Å². The third-order valence-electron chi connectivity index (χ3n) is 6.30. The van der Waals surface area contributed by atoms with Gasteiger partial charge in [-0.05, 0) is 41.0 Å². The first kappa shape index (κ1) is 26.1. The summed E-state index contributed by atoms with van der Waals surface area (Å²) in [4.78, 5) is 20.7. The molecule has 38 heavy (non-hydrogen) atoms. The molecule has 1 saturated heterocycles. The van der Waals surface area contributed by atoms with Crippen molar-refractivity contribution < 1.29 is 19.4 Å². The van der Waals surface area contributed by atoms with Crippen LogP contribution < -0.4 is 5.32 Å². The Morgan fingerprint density at radius 3 is 2.42 bits per heavy atom. The highest BCUT2D eigenvalue weighted by Gasteiger charge is 2.32. The Kier molecular flexibility index (Phi) is 8.78. The Labute approximate surface area is 226 Å². The third-order valence-corrected chi connectivity index (χ3v) is 7.37. The third kappa shape index (κ3) is 6.85. The van der Waals surface area contributed by atoms with Crippen molar-refractivity contribution >= 4 is 17.7 Å². The van der Waals surface area contributed by atoms with Gasteiger partial charge in [0, 0.05) is 42.9 Å². The van der Waals surface area contributed by atoms with Gasteiger partial charge in [-0.25, -0.2) is 4.98 Å². The number of nitrogens with zero attached hydrogens (tertiary/aromatic N) is 2. The number of aliphatic hydroxyl groups is 1. The lowest BCUT2D eigenvalue weighted by molar-refractivity contribution is -0.245. The molecular formula is C30H29N3O4S. The number of aromatic nitrogens is 2. The normalized spacial score (nSPS) is 19.1. The predicted octanol–water partition coefficient (Wildman–Crippen LogP) is 5.24. The lowest BCUT2D eigenvalue weighted by atomic mass is 10.0. The molecule has 0 spiro atoms. The zero-order valence-corrected chi connectivity index (χ0v) is 21.6. The van der Waals surface area contributed by atoms with Gasteiger partial charge in [0.05, 0.1) is 29.4 Å². The molecule has 8 heteroatoms. The molecule has 3 unspecified atom stereocenters. The molecule has 194 valence electrons. The first-order valence-electron chi connectivity index (χ1n) is 12.5. The van der Waals surface area contributed by atoms with Crippen LogP contribution in [0, 0.1) is 0 Å². The van der Waals surface area contributed by atoms with E-state index in [4.69, 9.17) is 9.47 Å². The molecule has 3 atom stereocenters. The number of amides is 1. The van der Waals surface area contributed by atoms with Crippen molar-refractivity contribution in [3.05, 3.63) is 125 Å². The summed E-state index contributed by atoms with van der Waals surface area (Å²) in [7, 11) is 0. The number of benzene rings is 2. The predicted molar refractivity (Wildman–Crippen MR) is 145 cm³/mol. The molecule has 1 aliphatic heterocycles. The fourth-order valence-corrected chi connectivity index (χ4v) is 5.09. The summed E-state index contributed by atoms with van der Waals surface area (Å²) in [6.45, 7) is 0.416. The van der Waals surface area contributed by atoms with Crippen LogP contribution in [0.3, 0.4) is 0 Å². The molecule has 1 fully saturated rings. The van der Waals surface area contributed by atoms with Gasteiger partial charge in [-0.1, -0.05) is 54.6 Å². The first-order chi connectivity index (χ1) is 18.7. The summed E-state index contributed by atoms with van der Waals surface area (Å²) in [6, 6.07) is 25.1. The maximum Gasteiger partial charge on any atom is 0.253 e. The number of nitrogens with one attached hydrogen (secondary N) is 1. The summed E-state index contributed by atoms with van der Waals surface area (Å²) in [6.07, 6.45) is 4.99. The van der Waals surface area contributed by atoms with E-state index in [1.807, 2.05) is 66.7 Å². The first-order valence-corrected chi connectivity index (χ1v) is 13.5. The van der Waals surface area contributed by atoms with E-state index in [9.17, 15) is 9.90 Å². The average molecular weight is 528 g/mol. The SMILES string of the molecule is O=C(NCc1ccc(C2OC(CSc3ccccn3)CC(c3ccc(CO)cc3)O2)cc1)c1cccnc1. The van der Waals surface area contributed by atoms with Crippen molar-refractivity contribution in [1.29, 1.82) is 0 Å². The topological polar surface area (TPSA) is 93.6 Å². The zero-order valence-electron chi connectivity index (χ0n) is 20.8. The van der Waals surface area contributed by atoms with E-state index in [1.165, 1.54) is 0 Å². The molecule has 2 aromatic heterocycles. The zero-order chi connectivity index (χ0) is 26.2. The summed E-state index contributed by atoms with van der Waals surface area (Å²) in [5.41, 5.74) is 4.33. The van der Waals surface area contributed by atoms with Gasteiger partial charge >= 0.3 is 0 Å². The second-order valence-corrected chi connectivity index (χ2v) is 10.0. The molecule has 0 saturated carbocycles. The molecule has 2 aromatic carbocycles. The standard InChI is InChI=1S/C30H29N3O4S/c34-19-22-8-10-23(11-9-22)27-16-26(20-38-28-5-1-2-15-32-28)36-30(37-27)24-12-6-21(7-13-24)17-33-29(35)25-4-3-14-31-18-25/h1-15,18,26-27,30,34H,16-17,19-20H2,(H,33,35). The lowest BCUT2D eigenvalue weighted by Crippen LogP contribution is -2.31. The van der Waals surface area contributed by atoms with Gasteiger partial charge in [0.1, 0.15) is 0 Å². The van der Waals surface area contributed by atoms with Crippen molar-refractivity contribution in [2.45, 2.75) is 43.1 Å². The van der Waals surface area contributed by atoms with Crippen LogP contribution in [-0.4, -0.2) is 32.8 Å². The Morgan fingerprint density at radius 1 is 0.921 bits per heavy atom. The maximum absolute atomic E-state index is 12.3. The van der Waals surface area contributed by atoms with E-state index in [2.05, 4.69) is 15.3 Å². The van der Waals surface area contributed by atoms with Crippen LogP contribution in [0.2, 0.25) is 0 Å². The summed E-state index contributed by atoms with van der Waals surface area (Å²) >= 11 is 1.67. The minimum Gasteiger partial charge on any atom is -0.392 e. The van der Waals surface area contributed by atoms with Crippen molar-refractivity contribution in [2.24, 2.45) is 0 Å². The van der Waals surface area contributed by atoms with E-state index in [1.54, 1.807) is 42.5 Å². The van der Waals surface area contributed by atoms with E-state index in [-0.39, 0.29) is 24.7 Å². The number of aliphatic hydroxyl groups excluding tert-OH is 1. The monoisotopic (exact) mass is 527 g/mol. The molecule has 4 aromatic rings. The van der Waals surface area contributed by atoms with Crippen molar-refractivity contribution in [2.75, 3.05) is 5.75 Å². The van der Waals surface area contributed by atoms with Crippen LogP contribution in [0.25, 0.3) is 0 Å². The molecule has 2 N–H and O–H groups in total. The van der Waals surface area contributed by atoms with Crippen molar-refractivity contribution in [1.82, 2.24) is 15.3 Å². The summed E-state index contributed by atoms with van der Waals surface area (Å²) < 4.78 is 12.8. The molecule has 1 aliphatic rings. The number of hydrogen-bond acceptors (Lipinski definition) is 7. The molecule has 3 heterocycles. The second kappa shape index (κ2) is 12.8.